The van der Waals surface area contributed by atoms with E-state index in [9.17, 15) is 0 Å². The van der Waals surface area contributed by atoms with Crippen molar-refractivity contribution in [3.8, 4) is 0 Å². The Labute approximate surface area is 101 Å². The van der Waals surface area contributed by atoms with Crippen LogP contribution in [-0.2, 0) is 0 Å². The van der Waals surface area contributed by atoms with Crippen LogP contribution in [-0.4, -0.2) is 26.7 Å². The zero-order chi connectivity index (χ0) is 11.7. The van der Waals surface area contributed by atoms with Gasteiger partial charge in [0, 0.05) is 19.0 Å². The highest BCUT2D eigenvalue weighted by Crippen LogP contribution is 2.28. The van der Waals surface area contributed by atoms with Crippen molar-refractivity contribution >= 4 is 16.7 Å². The Morgan fingerprint density at radius 1 is 1.41 bits per heavy atom. The Hall–Kier alpha value is -1.48. The van der Waals surface area contributed by atoms with Crippen molar-refractivity contribution in [1.29, 1.82) is 0 Å². The van der Waals surface area contributed by atoms with Gasteiger partial charge in [-0.15, -0.1) is 0 Å². The van der Waals surface area contributed by atoms with Gasteiger partial charge in [0.25, 0.3) is 0 Å². The fourth-order valence-corrected chi connectivity index (χ4v) is 2.62. The zero-order valence-corrected chi connectivity index (χ0v) is 10.1. The van der Waals surface area contributed by atoms with Crippen molar-refractivity contribution in [3.63, 3.8) is 0 Å². The van der Waals surface area contributed by atoms with E-state index in [2.05, 4.69) is 29.4 Å². The Bertz CT molecular complexity index is 500. The molecule has 1 unspecified atom stereocenters. The minimum absolute atomic E-state index is 0.758. The second kappa shape index (κ2) is 4.41. The maximum atomic E-state index is 5.58. The van der Waals surface area contributed by atoms with Crippen LogP contribution >= 0.6 is 0 Å². The number of nitrogens with zero attached hydrogens (tertiary/aromatic N) is 1. The monoisotopic (exact) mass is 230 g/mol. The van der Waals surface area contributed by atoms with Crippen molar-refractivity contribution in [3.05, 3.63) is 30.5 Å². The molecule has 90 valence electrons. The van der Waals surface area contributed by atoms with Crippen LogP contribution in [0, 0.1) is 5.92 Å². The molecule has 1 aromatic carbocycles. The van der Waals surface area contributed by atoms with E-state index in [1.54, 1.807) is 0 Å². The van der Waals surface area contributed by atoms with Gasteiger partial charge in [-0.2, -0.15) is 0 Å². The first kappa shape index (κ1) is 10.7. The van der Waals surface area contributed by atoms with Crippen molar-refractivity contribution in [1.82, 2.24) is 5.32 Å². The smallest absolute Gasteiger partial charge is 0.136 e. The minimum atomic E-state index is 0.758. The van der Waals surface area contributed by atoms with Gasteiger partial charge in [-0.1, -0.05) is 12.1 Å². The van der Waals surface area contributed by atoms with Crippen molar-refractivity contribution in [2.75, 3.05) is 31.6 Å². The summed E-state index contributed by atoms with van der Waals surface area (Å²) >= 11 is 0. The summed E-state index contributed by atoms with van der Waals surface area (Å²) in [6.07, 6.45) is 3.15. The van der Waals surface area contributed by atoms with Gasteiger partial charge >= 0.3 is 0 Å². The number of furan rings is 1. The lowest BCUT2D eigenvalue weighted by molar-refractivity contribution is 0.573. The summed E-state index contributed by atoms with van der Waals surface area (Å²) in [5.74, 6) is 0.758. The van der Waals surface area contributed by atoms with Crippen LogP contribution in [0.4, 0.5) is 5.69 Å². The first-order chi connectivity index (χ1) is 8.34. The molecule has 1 aromatic heterocycles. The second-order valence-corrected chi connectivity index (χ2v) is 4.86. The van der Waals surface area contributed by atoms with Gasteiger partial charge in [-0.25, -0.2) is 0 Å². The fourth-order valence-electron chi connectivity index (χ4n) is 2.62. The molecule has 1 saturated heterocycles. The van der Waals surface area contributed by atoms with E-state index < -0.39 is 0 Å². The van der Waals surface area contributed by atoms with Crippen LogP contribution in [0.25, 0.3) is 11.0 Å². The molecule has 3 rings (SSSR count). The Morgan fingerprint density at radius 3 is 3.12 bits per heavy atom. The SMILES string of the molecule is CN(CC1CCNC1)c1coc2ccccc12. The summed E-state index contributed by atoms with van der Waals surface area (Å²) in [6.45, 7) is 3.39. The average Bonchev–Trinajstić information content (AvgIpc) is 2.96. The largest absolute Gasteiger partial charge is 0.462 e. The molecule has 1 aliphatic rings. The maximum absolute atomic E-state index is 5.58. The van der Waals surface area contributed by atoms with Crippen LogP contribution < -0.4 is 10.2 Å². The van der Waals surface area contributed by atoms with E-state index in [4.69, 9.17) is 4.42 Å². The van der Waals surface area contributed by atoms with Gasteiger partial charge in [0.1, 0.15) is 11.8 Å². The number of fused-ring (bicyclic) bond motifs is 1. The highest BCUT2D eigenvalue weighted by Gasteiger charge is 2.18. The quantitative estimate of drug-likeness (QED) is 0.878. The molecular weight excluding hydrogens is 212 g/mol. The molecule has 0 saturated carbocycles. The Morgan fingerprint density at radius 2 is 2.29 bits per heavy atom. The minimum Gasteiger partial charge on any atom is -0.462 e. The topological polar surface area (TPSA) is 28.4 Å². The van der Waals surface area contributed by atoms with Crippen LogP contribution in [0.2, 0.25) is 0 Å². The number of anilines is 1. The third-order valence-electron chi connectivity index (χ3n) is 3.57. The lowest BCUT2D eigenvalue weighted by Gasteiger charge is -2.21. The van der Waals surface area contributed by atoms with E-state index in [1.165, 1.54) is 17.5 Å². The molecule has 1 aliphatic heterocycles. The molecule has 0 radical (unpaired) electrons. The summed E-state index contributed by atoms with van der Waals surface area (Å²) < 4.78 is 5.58. The van der Waals surface area contributed by atoms with E-state index in [0.717, 1.165) is 31.1 Å². The molecule has 0 bridgehead atoms. The van der Waals surface area contributed by atoms with Gasteiger partial charge in [0.2, 0.25) is 0 Å². The van der Waals surface area contributed by atoms with Crippen LogP contribution in [0.5, 0.6) is 0 Å². The van der Waals surface area contributed by atoms with E-state index in [1.807, 2.05) is 18.4 Å². The molecular formula is C14H18N2O. The van der Waals surface area contributed by atoms with Crippen LogP contribution in [0.3, 0.4) is 0 Å². The van der Waals surface area contributed by atoms with Crippen LogP contribution in [0.1, 0.15) is 6.42 Å². The van der Waals surface area contributed by atoms with Crippen molar-refractivity contribution in [2.45, 2.75) is 6.42 Å². The summed E-state index contributed by atoms with van der Waals surface area (Å²) in [4.78, 5) is 2.31. The third kappa shape index (κ3) is 2.03. The molecule has 1 atom stereocenters. The number of rotatable bonds is 3. The van der Waals surface area contributed by atoms with Crippen LogP contribution in [0.15, 0.2) is 34.9 Å². The molecule has 0 amide bonds. The maximum Gasteiger partial charge on any atom is 0.136 e. The molecule has 2 aromatic rings. The average molecular weight is 230 g/mol. The van der Waals surface area contributed by atoms with E-state index in [0.29, 0.717) is 0 Å². The van der Waals surface area contributed by atoms with Crippen molar-refractivity contribution in [2.24, 2.45) is 5.92 Å². The third-order valence-corrected chi connectivity index (χ3v) is 3.57. The summed E-state index contributed by atoms with van der Waals surface area (Å²) in [5, 5.41) is 4.62. The van der Waals surface area contributed by atoms with Gasteiger partial charge in [-0.3, -0.25) is 0 Å². The summed E-state index contributed by atoms with van der Waals surface area (Å²) in [6, 6.07) is 8.21. The van der Waals surface area contributed by atoms with E-state index >= 15 is 0 Å². The molecule has 1 N–H and O–H groups in total. The predicted octanol–water partition coefficient (Wildman–Crippen LogP) is 2.48. The van der Waals surface area contributed by atoms with E-state index in [-0.39, 0.29) is 0 Å². The van der Waals surface area contributed by atoms with Crippen molar-refractivity contribution < 1.29 is 4.42 Å². The molecule has 3 nitrogen and oxygen atoms in total. The Balaban J connectivity index is 1.82. The fraction of sp³-hybridized carbons (Fsp3) is 0.429. The highest BCUT2D eigenvalue weighted by molar-refractivity contribution is 5.90. The zero-order valence-electron chi connectivity index (χ0n) is 10.1. The second-order valence-electron chi connectivity index (χ2n) is 4.86. The molecule has 0 spiro atoms. The first-order valence-corrected chi connectivity index (χ1v) is 6.22. The lowest BCUT2D eigenvalue weighted by atomic mass is 10.1. The van der Waals surface area contributed by atoms with Gasteiger partial charge in [0.15, 0.2) is 0 Å². The molecule has 3 heteroatoms. The highest BCUT2D eigenvalue weighted by atomic mass is 16.3. The molecule has 0 aliphatic carbocycles. The number of benzene rings is 1. The first-order valence-electron chi connectivity index (χ1n) is 6.22. The Kier molecular flexibility index (Phi) is 2.77. The normalized spacial score (nSPS) is 19.9. The number of nitrogens with one attached hydrogen (secondary N) is 1. The van der Waals surface area contributed by atoms with Gasteiger partial charge < -0.3 is 14.6 Å². The summed E-state index contributed by atoms with van der Waals surface area (Å²) in [5.41, 5.74) is 2.17. The summed E-state index contributed by atoms with van der Waals surface area (Å²) in [7, 11) is 2.15. The molecule has 17 heavy (non-hydrogen) atoms. The van der Waals surface area contributed by atoms with Gasteiger partial charge in [-0.05, 0) is 37.6 Å². The standard InChI is InChI=1S/C14H18N2O/c1-16(9-11-6-7-15-8-11)13-10-17-14-5-3-2-4-12(13)14/h2-5,10-11,15H,6-9H2,1H3. The number of para-hydroxylation sites is 1. The number of hydrogen-bond acceptors (Lipinski definition) is 3. The lowest BCUT2D eigenvalue weighted by Crippen LogP contribution is -2.26. The molecule has 2 heterocycles. The molecule has 1 fully saturated rings. The number of hydrogen-bond donors (Lipinski definition) is 1. The predicted molar refractivity (Wildman–Crippen MR) is 70.5 cm³/mol. The van der Waals surface area contributed by atoms with Gasteiger partial charge in [0.05, 0.1) is 5.69 Å².